The fraction of sp³-hybridized carbons (Fsp3) is 0.556. The summed E-state index contributed by atoms with van der Waals surface area (Å²) in [6, 6.07) is 8.09. The molecule has 0 bridgehead atoms. The van der Waals surface area contributed by atoms with E-state index >= 15 is 0 Å². The molecule has 1 aliphatic heterocycles. The van der Waals surface area contributed by atoms with Gasteiger partial charge in [0.1, 0.15) is 0 Å². The van der Waals surface area contributed by atoms with Gasteiger partial charge >= 0.3 is 0 Å². The molecule has 1 saturated carbocycles. The highest BCUT2D eigenvalue weighted by Crippen LogP contribution is 2.39. The maximum absolute atomic E-state index is 12.9. The SMILES string of the molecule is NCC1(CC(=O)N2CCn3c2nc2ccccc23)CCCCC1. The van der Waals surface area contributed by atoms with E-state index in [-0.39, 0.29) is 11.3 Å². The molecule has 0 atom stereocenters. The zero-order valence-electron chi connectivity index (χ0n) is 13.5. The van der Waals surface area contributed by atoms with Crippen LogP contribution in [0.1, 0.15) is 38.5 Å². The second kappa shape index (κ2) is 5.64. The molecule has 1 aromatic heterocycles. The fourth-order valence-electron chi connectivity index (χ4n) is 4.20. The highest BCUT2D eigenvalue weighted by atomic mass is 16.2. The molecule has 1 aliphatic carbocycles. The zero-order chi connectivity index (χ0) is 15.9. The number of imidazole rings is 1. The van der Waals surface area contributed by atoms with Crippen molar-refractivity contribution in [2.75, 3.05) is 18.0 Å². The molecule has 5 heteroatoms. The van der Waals surface area contributed by atoms with Gasteiger partial charge in [0.05, 0.1) is 11.0 Å². The van der Waals surface area contributed by atoms with E-state index in [1.807, 2.05) is 23.1 Å². The standard InChI is InChI=1S/C18H24N4O/c19-13-18(8-4-1-5-9-18)12-16(23)22-11-10-21-15-7-3-2-6-14(15)20-17(21)22/h2-3,6-7H,1,4-5,8-13,19H2. The quantitative estimate of drug-likeness (QED) is 0.947. The number of fused-ring (bicyclic) bond motifs is 3. The Morgan fingerprint density at radius 2 is 1.96 bits per heavy atom. The van der Waals surface area contributed by atoms with Crippen LogP contribution >= 0.6 is 0 Å². The molecule has 4 rings (SSSR count). The van der Waals surface area contributed by atoms with E-state index in [9.17, 15) is 4.79 Å². The number of carbonyl (C=O) groups excluding carboxylic acids is 1. The molecule has 2 N–H and O–H groups in total. The first-order valence-electron chi connectivity index (χ1n) is 8.68. The number of benzene rings is 1. The van der Waals surface area contributed by atoms with Crippen molar-refractivity contribution in [3.63, 3.8) is 0 Å². The predicted molar refractivity (Wildman–Crippen MR) is 91.3 cm³/mol. The van der Waals surface area contributed by atoms with Crippen molar-refractivity contribution in [1.82, 2.24) is 9.55 Å². The average molecular weight is 312 g/mol. The lowest BCUT2D eigenvalue weighted by atomic mass is 9.71. The lowest BCUT2D eigenvalue weighted by Crippen LogP contribution is -2.40. The minimum atomic E-state index is 0.00870. The summed E-state index contributed by atoms with van der Waals surface area (Å²) in [6.07, 6.45) is 6.40. The van der Waals surface area contributed by atoms with Gasteiger partial charge in [0, 0.05) is 19.5 Å². The number of hydrogen-bond acceptors (Lipinski definition) is 3. The van der Waals surface area contributed by atoms with Gasteiger partial charge in [-0.2, -0.15) is 0 Å². The molecule has 23 heavy (non-hydrogen) atoms. The maximum atomic E-state index is 12.9. The number of hydrogen-bond donors (Lipinski definition) is 1. The fourth-order valence-corrected chi connectivity index (χ4v) is 4.20. The van der Waals surface area contributed by atoms with Crippen molar-refractivity contribution in [3.8, 4) is 0 Å². The van der Waals surface area contributed by atoms with Crippen molar-refractivity contribution >= 4 is 22.9 Å². The van der Waals surface area contributed by atoms with Crippen LogP contribution in [0.25, 0.3) is 11.0 Å². The van der Waals surface area contributed by atoms with Gasteiger partial charge in [-0.15, -0.1) is 0 Å². The van der Waals surface area contributed by atoms with E-state index in [0.29, 0.717) is 13.0 Å². The highest BCUT2D eigenvalue weighted by Gasteiger charge is 2.37. The van der Waals surface area contributed by atoms with E-state index in [4.69, 9.17) is 5.73 Å². The number of rotatable bonds is 3. The third-order valence-corrected chi connectivity index (χ3v) is 5.60. The third kappa shape index (κ3) is 2.43. The highest BCUT2D eigenvalue weighted by molar-refractivity contribution is 5.95. The third-order valence-electron chi connectivity index (χ3n) is 5.60. The van der Waals surface area contributed by atoms with Gasteiger partial charge in [0.25, 0.3) is 0 Å². The monoisotopic (exact) mass is 312 g/mol. The number of aromatic nitrogens is 2. The largest absolute Gasteiger partial charge is 0.330 e. The maximum Gasteiger partial charge on any atom is 0.229 e. The van der Waals surface area contributed by atoms with Crippen LogP contribution in [-0.4, -0.2) is 28.5 Å². The molecule has 1 aromatic carbocycles. The summed E-state index contributed by atoms with van der Waals surface area (Å²) >= 11 is 0. The molecule has 5 nitrogen and oxygen atoms in total. The van der Waals surface area contributed by atoms with Gasteiger partial charge < -0.3 is 10.3 Å². The molecular weight excluding hydrogens is 288 g/mol. The second-order valence-corrected chi connectivity index (χ2v) is 7.04. The minimum absolute atomic E-state index is 0.00870. The number of nitrogens with zero attached hydrogens (tertiary/aromatic N) is 3. The first kappa shape index (κ1) is 14.7. The van der Waals surface area contributed by atoms with Crippen molar-refractivity contribution in [3.05, 3.63) is 24.3 Å². The molecule has 0 radical (unpaired) electrons. The molecule has 0 spiro atoms. The molecule has 2 aliphatic rings. The first-order chi connectivity index (χ1) is 11.2. The van der Waals surface area contributed by atoms with Crippen molar-refractivity contribution in [2.45, 2.75) is 45.1 Å². The number of anilines is 1. The van der Waals surface area contributed by atoms with Crippen LogP contribution in [0.2, 0.25) is 0 Å². The van der Waals surface area contributed by atoms with Gasteiger partial charge in [-0.05, 0) is 36.9 Å². The predicted octanol–water partition coefficient (Wildman–Crippen LogP) is 2.68. The smallest absolute Gasteiger partial charge is 0.229 e. The van der Waals surface area contributed by atoms with Crippen molar-refractivity contribution < 1.29 is 4.79 Å². The number of nitrogens with two attached hydrogens (primary N) is 1. The molecule has 2 aromatic rings. The Morgan fingerprint density at radius 3 is 2.74 bits per heavy atom. The zero-order valence-corrected chi connectivity index (χ0v) is 13.5. The Balaban J connectivity index is 1.59. The van der Waals surface area contributed by atoms with Crippen molar-refractivity contribution in [1.29, 1.82) is 0 Å². The van der Waals surface area contributed by atoms with Crippen LogP contribution < -0.4 is 10.6 Å². The number of para-hydroxylation sites is 2. The molecule has 0 unspecified atom stereocenters. The molecule has 0 saturated heterocycles. The topological polar surface area (TPSA) is 64.2 Å². The Hall–Kier alpha value is -1.88. The Kier molecular flexibility index (Phi) is 3.60. The Labute approximate surface area is 136 Å². The summed E-state index contributed by atoms with van der Waals surface area (Å²) in [5, 5.41) is 0. The van der Waals surface area contributed by atoms with E-state index in [1.165, 1.54) is 19.3 Å². The molecule has 1 fully saturated rings. The normalized spacial score (nSPS) is 20.0. The number of amides is 1. The van der Waals surface area contributed by atoms with Gasteiger partial charge in [0.2, 0.25) is 11.9 Å². The van der Waals surface area contributed by atoms with Crippen LogP contribution in [0.15, 0.2) is 24.3 Å². The molecule has 1 amide bonds. The molecule has 2 heterocycles. The van der Waals surface area contributed by atoms with Crippen LogP contribution in [0, 0.1) is 5.41 Å². The van der Waals surface area contributed by atoms with E-state index in [1.54, 1.807) is 0 Å². The van der Waals surface area contributed by atoms with Crippen LogP contribution in [0.3, 0.4) is 0 Å². The summed E-state index contributed by atoms with van der Waals surface area (Å²) in [5.74, 6) is 0.991. The van der Waals surface area contributed by atoms with Gasteiger partial charge in [-0.1, -0.05) is 31.4 Å². The van der Waals surface area contributed by atoms with E-state index < -0.39 is 0 Å². The molecule has 122 valence electrons. The summed E-state index contributed by atoms with van der Waals surface area (Å²) in [6.45, 7) is 2.17. The lowest BCUT2D eigenvalue weighted by Gasteiger charge is -2.36. The summed E-state index contributed by atoms with van der Waals surface area (Å²) in [7, 11) is 0. The van der Waals surface area contributed by atoms with Gasteiger partial charge in [-0.25, -0.2) is 4.98 Å². The first-order valence-corrected chi connectivity index (χ1v) is 8.68. The lowest BCUT2D eigenvalue weighted by molar-refractivity contribution is -0.121. The summed E-state index contributed by atoms with van der Waals surface area (Å²) < 4.78 is 2.16. The second-order valence-electron chi connectivity index (χ2n) is 7.04. The van der Waals surface area contributed by atoms with Gasteiger partial charge in [-0.3, -0.25) is 9.69 Å². The van der Waals surface area contributed by atoms with E-state index in [0.717, 1.165) is 42.9 Å². The van der Waals surface area contributed by atoms with Crippen LogP contribution in [0.5, 0.6) is 0 Å². The van der Waals surface area contributed by atoms with Crippen molar-refractivity contribution in [2.24, 2.45) is 11.1 Å². The Morgan fingerprint density at radius 1 is 1.17 bits per heavy atom. The van der Waals surface area contributed by atoms with Gasteiger partial charge in [0.15, 0.2) is 0 Å². The molecular formula is C18H24N4O. The Bertz CT molecular complexity index is 730. The van der Waals surface area contributed by atoms with E-state index in [2.05, 4.69) is 15.6 Å². The van der Waals surface area contributed by atoms with Crippen LogP contribution in [0.4, 0.5) is 5.95 Å². The van der Waals surface area contributed by atoms with Crippen LogP contribution in [-0.2, 0) is 11.3 Å². The summed E-state index contributed by atoms with van der Waals surface area (Å²) in [5.41, 5.74) is 8.14. The summed E-state index contributed by atoms with van der Waals surface area (Å²) in [4.78, 5) is 19.5. The number of carbonyl (C=O) groups is 1. The average Bonchev–Trinajstić information content (AvgIpc) is 3.14. The minimum Gasteiger partial charge on any atom is -0.330 e.